The molecule has 1 N–H and O–H groups in total. The summed E-state index contributed by atoms with van der Waals surface area (Å²) in [6.45, 7) is 4.85. The zero-order valence-electron chi connectivity index (χ0n) is 16.1. The summed E-state index contributed by atoms with van der Waals surface area (Å²) in [7, 11) is 0. The fourth-order valence-electron chi connectivity index (χ4n) is 3.32. The van der Waals surface area contributed by atoms with E-state index in [2.05, 4.69) is 10.2 Å². The Morgan fingerprint density at radius 1 is 1.03 bits per heavy atom. The molecule has 3 rings (SSSR count). The average molecular weight is 409 g/mol. The van der Waals surface area contributed by atoms with Crippen molar-refractivity contribution < 1.29 is 22.4 Å². The van der Waals surface area contributed by atoms with E-state index < -0.39 is 17.6 Å². The molecule has 0 unspecified atom stereocenters. The zero-order chi connectivity index (χ0) is 21.0. The summed E-state index contributed by atoms with van der Waals surface area (Å²) in [4.78, 5) is 16.2. The number of alkyl halides is 3. The summed E-state index contributed by atoms with van der Waals surface area (Å²) in [5, 5.41) is 2.58. The van der Waals surface area contributed by atoms with Gasteiger partial charge in [-0.25, -0.2) is 4.39 Å². The second kappa shape index (κ2) is 8.92. The fourth-order valence-corrected chi connectivity index (χ4v) is 3.32. The smallest absolute Gasteiger partial charge is 0.322 e. The molecule has 1 saturated heterocycles. The zero-order valence-corrected chi connectivity index (χ0v) is 16.1. The molecule has 1 aliphatic heterocycles. The molecular formula is C21H23F4N3O. The Bertz CT molecular complexity index is 861. The largest absolute Gasteiger partial charge is 0.416 e. The minimum absolute atomic E-state index is 0.144. The number of anilines is 1. The van der Waals surface area contributed by atoms with Gasteiger partial charge in [0.1, 0.15) is 5.82 Å². The highest BCUT2D eigenvalue weighted by atomic mass is 19.4. The van der Waals surface area contributed by atoms with Crippen LogP contribution < -0.4 is 5.32 Å². The summed E-state index contributed by atoms with van der Waals surface area (Å²) in [6.07, 6.45) is -4.35. The highest BCUT2D eigenvalue weighted by Gasteiger charge is 2.30. The third-order valence-electron chi connectivity index (χ3n) is 4.89. The van der Waals surface area contributed by atoms with Gasteiger partial charge in [0.15, 0.2) is 0 Å². The number of benzene rings is 2. The predicted octanol–water partition coefficient (Wildman–Crippen LogP) is 3.91. The molecule has 0 aromatic heterocycles. The monoisotopic (exact) mass is 409 g/mol. The topological polar surface area (TPSA) is 35.6 Å². The van der Waals surface area contributed by atoms with Crippen LogP contribution in [0.1, 0.15) is 16.7 Å². The first-order valence-electron chi connectivity index (χ1n) is 9.37. The van der Waals surface area contributed by atoms with Gasteiger partial charge in [-0.2, -0.15) is 13.2 Å². The number of nitrogens with zero attached hydrogens (tertiary/aromatic N) is 2. The molecule has 0 spiro atoms. The molecule has 1 aliphatic rings. The maximum Gasteiger partial charge on any atom is 0.416 e. The van der Waals surface area contributed by atoms with E-state index in [-0.39, 0.29) is 18.1 Å². The number of rotatable bonds is 5. The molecule has 0 saturated carbocycles. The van der Waals surface area contributed by atoms with Gasteiger partial charge in [-0.05, 0) is 36.2 Å². The number of amides is 1. The molecule has 4 nitrogen and oxygen atoms in total. The van der Waals surface area contributed by atoms with Crippen LogP contribution in [-0.2, 0) is 17.5 Å². The van der Waals surface area contributed by atoms with Crippen LogP contribution in [0, 0.1) is 12.7 Å². The van der Waals surface area contributed by atoms with Gasteiger partial charge >= 0.3 is 6.18 Å². The Balaban J connectivity index is 1.47. The number of carbonyl (C=O) groups is 1. The van der Waals surface area contributed by atoms with E-state index in [4.69, 9.17) is 0 Å². The maximum absolute atomic E-state index is 13.8. The summed E-state index contributed by atoms with van der Waals surface area (Å²) in [6, 6.07) is 9.98. The first-order valence-corrected chi connectivity index (χ1v) is 9.37. The number of aryl methyl sites for hydroxylation is 1. The van der Waals surface area contributed by atoms with Gasteiger partial charge < -0.3 is 5.32 Å². The van der Waals surface area contributed by atoms with E-state index in [0.717, 1.165) is 11.6 Å². The minimum Gasteiger partial charge on any atom is -0.322 e. The van der Waals surface area contributed by atoms with Gasteiger partial charge in [0.05, 0.1) is 17.8 Å². The number of hydrogen-bond acceptors (Lipinski definition) is 3. The van der Waals surface area contributed by atoms with E-state index in [1.165, 1.54) is 24.3 Å². The van der Waals surface area contributed by atoms with Crippen molar-refractivity contribution in [2.24, 2.45) is 0 Å². The van der Waals surface area contributed by atoms with Crippen LogP contribution in [0.25, 0.3) is 0 Å². The van der Waals surface area contributed by atoms with Crippen LogP contribution in [0.2, 0.25) is 0 Å². The molecule has 8 heteroatoms. The normalized spacial score (nSPS) is 16.0. The van der Waals surface area contributed by atoms with Crippen LogP contribution in [-0.4, -0.2) is 48.4 Å². The van der Waals surface area contributed by atoms with Crippen molar-refractivity contribution in [3.63, 3.8) is 0 Å². The van der Waals surface area contributed by atoms with Gasteiger partial charge in [0.25, 0.3) is 0 Å². The van der Waals surface area contributed by atoms with E-state index in [1.54, 1.807) is 19.1 Å². The van der Waals surface area contributed by atoms with Gasteiger partial charge in [-0.3, -0.25) is 14.6 Å². The van der Waals surface area contributed by atoms with Crippen molar-refractivity contribution in [3.05, 3.63) is 65.0 Å². The molecule has 1 fully saturated rings. The first-order chi connectivity index (χ1) is 13.7. The second-order valence-corrected chi connectivity index (χ2v) is 7.28. The number of piperazine rings is 1. The standard InChI is InChI=1S/C21H23F4N3O/c1-15-5-6-19(18(22)11-15)26-20(29)14-28-9-7-27(8-10-28)13-16-3-2-4-17(12-16)21(23,24)25/h2-6,11-12H,7-10,13-14H2,1H3,(H,26,29). The molecule has 0 radical (unpaired) electrons. The molecule has 1 amide bonds. The van der Waals surface area contributed by atoms with Crippen molar-refractivity contribution >= 4 is 11.6 Å². The average Bonchev–Trinajstić information content (AvgIpc) is 2.65. The van der Waals surface area contributed by atoms with Gasteiger partial charge in [0.2, 0.25) is 5.91 Å². The summed E-state index contributed by atoms with van der Waals surface area (Å²) < 4.78 is 52.4. The lowest BCUT2D eigenvalue weighted by molar-refractivity contribution is -0.137. The lowest BCUT2D eigenvalue weighted by Gasteiger charge is -2.34. The first kappa shape index (κ1) is 21.3. The quantitative estimate of drug-likeness (QED) is 0.761. The Labute approximate surface area is 167 Å². The molecule has 0 bridgehead atoms. The van der Waals surface area contributed by atoms with Crippen molar-refractivity contribution in [3.8, 4) is 0 Å². The van der Waals surface area contributed by atoms with Crippen molar-refractivity contribution in [1.82, 2.24) is 9.80 Å². The van der Waals surface area contributed by atoms with Gasteiger partial charge in [-0.15, -0.1) is 0 Å². The molecule has 156 valence electrons. The Morgan fingerprint density at radius 2 is 1.72 bits per heavy atom. The van der Waals surface area contributed by atoms with Crippen LogP contribution in [0.5, 0.6) is 0 Å². The highest BCUT2D eigenvalue weighted by molar-refractivity contribution is 5.92. The lowest BCUT2D eigenvalue weighted by atomic mass is 10.1. The molecule has 29 heavy (non-hydrogen) atoms. The number of nitrogens with one attached hydrogen (secondary N) is 1. The van der Waals surface area contributed by atoms with Crippen molar-refractivity contribution in [2.75, 3.05) is 38.0 Å². The third kappa shape index (κ3) is 6.01. The van der Waals surface area contributed by atoms with Crippen LogP contribution >= 0.6 is 0 Å². The van der Waals surface area contributed by atoms with Crippen molar-refractivity contribution in [2.45, 2.75) is 19.6 Å². The fraction of sp³-hybridized carbons (Fsp3) is 0.381. The predicted molar refractivity (Wildman–Crippen MR) is 103 cm³/mol. The van der Waals surface area contributed by atoms with E-state index in [1.807, 2.05) is 4.90 Å². The molecule has 2 aromatic carbocycles. The second-order valence-electron chi connectivity index (χ2n) is 7.28. The lowest BCUT2D eigenvalue weighted by Crippen LogP contribution is -2.48. The SMILES string of the molecule is Cc1ccc(NC(=O)CN2CCN(Cc3cccc(C(F)(F)F)c3)CC2)c(F)c1. The Hall–Kier alpha value is -2.45. The summed E-state index contributed by atoms with van der Waals surface area (Å²) >= 11 is 0. The number of halogens is 4. The summed E-state index contributed by atoms with van der Waals surface area (Å²) in [5.41, 5.74) is 0.899. The number of hydrogen-bond donors (Lipinski definition) is 1. The molecule has 1 heterocycles. The highest BCUT2D eigenvalue weighted by Crippen LogP contribution is 2.29. The summed E-state index contributed by atoms with van der Waals surface area (Å²) in [5.74, 6) is -0.761. The number of carbonyl (C=O) groups excluding carboxylic acids is 1. The van der Waals surface area contributed by atoms with Gasteiger partial charge in [0, 0.05) is 32.7 Å². The van der Waals surface area contributed by atoms with Crippen LogP contribution in [0.3, 0.4) is 0 Å². The van der Waals surface area contributed by atoms with Gasteiger partial charge in [-0.1, -0.05) is 24.3 Å². The van der Waals surface area contributed by atoms with Crippen molar-refractivity contribution in [1.29, 1.82) is 0 Å². The van der Waals surface area contributed by atoms with Crippen LogP contribution in [0.4, 0.5) is 23.2 Å². The minimum atomic E-state index is -4.35. The Morgan fingerprint density at radius 3 is 2.38 bits per heavy atom. The molecule has 0 atom stereocenters. The van der Waals surface area contributed by atoms with E-state index in [9.17, 15) is 22.4 Å². The third-order valence-corrected chi connectivity index (χ3v) is 4.89. The van der Waals surface area contributed by atoms with Crippen LogP contribution in [0.15, 0.2) is 42.5 Å². The van der Waals surface area contributed by atoms with E-state index in [0.29, 0.717) is 38.3 Å². The molecule has 0 aliphatic carbocycles. The molecule has 2 aromatic rings. The maximum atomic E-state index is 13.8. The van der Waals surface area contributed by atoms with E-state index >= 15 is 0 Å². The Kier molecular flexibility index (Phi) is 6.54. The molecular weight excluding hydrogens is 386 g/mol.